The normalized spacial score (nSPS) is 11.0. The van der Waals surface area contributed by atoms with Crippen molar-refractivity contribution in [2.75, 3.05) is 26.0 Å². The summed E-state index contributed by atoms with van der Waals surface area (Å²) in [6.07, 6.45) is 4.22. The number of methoxy groups -OCH3 is 1. The fourth-order valence-corrected chi connectivity index (χ4v) is 3.28. The van der Waals surface area contributed by atoms with Crippen molar-refractivity contribution in [1.29, 1.82) is 0 Å². The van der Waals surface area contributed by atoms with Crippen molar-refractivity contribution >= 4 is 23.3 Å². The first kappa shape index (κ1) is 19.1. The second kappa shape index (κ2) is 9.33. The standard InChI is InChI=1S/C18H21N5O3S/c1-26-11-5-8-19-15(24)13-27-18-21-20-16-17(25)22(9-10-23(16)18)12-14-6-3-2-4-7-14/h2-4,6-7,9-10H,5,8,11-13H2,1H3,(H,19,24). The lowest BCUT2D eigenvalue weighted by Crippen LogP contribution is -2.27. The van der Waals surface area contributed by atoms with Gasteiger partial charge in [-0.3, -0.25) is 14.0 Å². The summed E-state index contributed by atoms with van der Waals surface area (Å²) in [4.78, 5) is 24.5. The van der Waals surface area contributed by atoms with Crippen molar-refractivity contribution in [1.82, 2.24) is 24.5 Å². The van der Waals surface area contributed by atoms with Crippen LogP contribution < -0.4 is 10.9 Å². The maximum Gasteiger partial charge on any atom is 0.296 e. The Morgan fingerprint density at radius 3 is 2.81 bits per heavy atom. The van der Waals surface area contributed by atoms with E-state index in [1.165, 1.54) is 11.8 Å². The number of amides is 1. The fraction of sp³-hybridized carbons (Fsp3) is 0.333. The molecular formula is C18H21N5O3S. The van der Waals surface area contributed by atoms with Crippen LogP contribution in [0.15, 0.2) is 52.7 Å². The number of nitrogens with zero attached hydrogens (tertiary/aromatic N) is 4. The Balaban J connectivity index is 1.66. The Labute approximate surface area is 160 Å². The van der Waals surface area contributed by atoms with Crippen LogP contribution in [0.25, 0.3) is 5.65 Å². The van der Waals surface area contributed by atoms with Gasteiger partial charge in [0, 0.05) is 32.7 Å². The molecule has 0 radical (unpaired) electrons. The highest BCUT2D eigenvalue weighted by Gasteiger charge is 2.12. The topological polar surface area (TPSA) is 90.5 Å². The lowest BCUT2D eigenvalue weighted by molar-refractivity contribution is -0.118. The molecule has 1 aromatic carbocycles. The van der Waals surface area contributed by atoms with Crippen molar-refractivity contribution < 1.29 is 9.53 Å². The summed E-state index contributed by atoms with van der Waals surface area (Å²) in [6.45, 7) is 1.64. The molecule has 9 heteroatoms. The van der Waals surface area contributed by atoms with E-state index >= 15 is 0 Å². The summed E-state index contributed by atoms with van der Waals surface area (Å²) in [5.74, 6) is 0.117. The number of benzene rings is 1. The zero-order chi connectivity index (χ0) is 19.1. The van der Waals surface area contributed by atoms with E-state index in [-0.39, 0.29) is 22.9 Å². The molecule has 1 N–H and O–H groups in total. The molecule has 0 spiro atoms. The lowest BCUT2D eigenvalue weighted by Gasteiger charge is -2.07. The molecule has 0 aliphatic heterocycles. The van der Waals surface area contributed by atoms with E-state index in [0.717, 1.165) is 12.0 Å². The number of hydrogen-bond donors (Lipinski definition) is 1. The minimum atomic E-state index is -0.218. The first-order valence-electron chi connectivity index (χ1n) is 8.55. The van der Waals surface area contributed by atoms with Crippen LogP contribution in [0.2, 0.25) is 0 Å². The molecule has 0 aliphatic carbocycles. The molecule has 1 amide bonds. The van der Waals surface area contributed by atoms with E-state index in [4.69, 9.17) is 4.74 Å². The minimum Gasteiger partial charge on any atom is -0.385 e. The second-order valence-corrected chi connectivity index (χ2v) is 6.82. The van der Waals surface area contributed by atoms with Crippen LogP contribution in [0.3, 0.4) is 0 Å². The van der Waals surface area contributed by atoms with Crippen molar-refractivity contribution in [3.63, 3.8) is 0 Å². The first-order chi connectivity index (χ1) is 13.2. The Kier molecular flexibility index (Phi) is 6.61. The molecular weight excluding hydrogens is 366 g/mol. The van der Waals surface area contributed by atoms with Gasteiger partial charge in [0.2, 0.25) is 11.6 Å². The van der Waals surface area contributed by atoms with Gasteiger partial charge in [-0.15, -0.1) is 10.2 Å². The van der Waals surface area contributed by atoms with Crippen molar-refractivity contribution in [3.8, 4) is 0 Å². The molecule has 2 heterocycles. The number of fused-ring (bicyclic) bond motifs is 1. The molecule has 0 aliphatic rings. The van der Waals surface area contributed by atoms with Crippen molar-refractivity contribution in [3.05, 3.63) is 58.6 Å². The maximum absolute atomic E-state index is 12.6. The van der Waals surface area contributed by atoms with Gasteiger partial charge in [0.15, 0.2) is 5.16 Å². The Hall–Kier alpha value is -2.65. The zero-order valence-corrected chi connectivity index (χ0v) is 15.8. The van der Waals surface area contributed by atoms with Gasteiger partial charge in [-0.25, -0.2) is 0 Å². The summed E-state index contributed by atoms with van der Waals surface area (Å²) >= 11 is 1.24. The van der Waals surface area contributed by atoms with Crippen molar-refractivity contribution in [2.24, 2.45) is 0 Å². The van der Waals surface area contributed by atoms with Gasteiger partial charge in [0.1, 0.15) is 0 Å². The van der Waals surface area contributed by atoms with Gasteiger partial charge in [0.25, 0.3) is 5.56 Å². The van der Waals surface area contributed by atoms with Gasteiger partial charge in [-0.05, 0) is 12.0 Å². The Morgan fingerprint density at radius 1 is 1.22 bits per heavy atom. The predicted octanol–water partition coefficient (Wildman–Crippen LogP) is 1.18. The number of carbonyl (C=O) groups is 1. The van der Waals surface area contributed by atoms with Gasteiger partial charge >= 0.3 is 0 Å². The Bertz CT molecular complexity index is 955. The average Bonchev–Trinajstić information content (AvgIpc) is 3.10. The van der Waals surface area contributed by atoms with Crippen LogP contribution in [0.1, 0.15) is 12.0 Å². The number of hydrogen-bond acceptors (Lipinski definition) is 6. The third-order valence-corrected chi connectivity index (χ3v) is 4.83. The highest BCUT2D eigenvalue weighted by molar-refractivity contribution is 7.99. The highest BCUT2D eigenvalue weighted by Crippen LogP contribution is 2.15. The molecule has 8 nitrogen and oxygen atoms in total. The molecule has 3 aromatic rings. The lowest BCUT2D eigenvalue weighted by atomic mass is 10.2. The SMILES string of the molecule is COCCCNC(=O)CSc1nnc2c(=O)n(Cc3ccccc3)ccn12. The predicted molar refractivity (Wildman–Crippen MR) is 103 cm³/mol. The zero-order valence-electron chi connectivity index (χ0n) is 15.0. The third-order valence-electron chi connectivity index (χ3n) is 3.89. The first-order valence-corrected chi connectivity index (χ1v) is 9.54. The van der Waals surface area contributed by atoms with E-state index in [1.807, 2.05) is 30.3 Å². The fourth-order valence-electron chi connectivity index (χ4n) is 2.53. The number of nitrogens with one attached hydrogen (secondary N) is 1. The summed E-state index contributed by atoms with van der Waals surface area (Å²) in [7, 11) is 1.63. The number of aromatic nitrogens is 4. The van der Waals surface area contributed by atoms with E-state index in [2.05, 4.69) is 15.5 Å². The Morgan fingerprint density at radius 2 is 2.04 bits per heavy atom. The monoisotopic (exact) mass is 387 g/mol. The summed E-state index contributed by atoms with van der Waals surface area (Å²) in [5.41, 5.74) is 1.06. The number of ether oxygens (including phenoxy) is 1. The largest absolute Gasteiger partial charge is 0.385 e. The van der Waals surface area contributed by atoms with Crippen LogP contribution in [-0.2, 0) is 16.1 Å². The second-order valence-electron chi connectivity index (χ2n) is 5.88. The van der Waals surface area contributed by atoms with Crippen LogP contribution in [0, 0.1) is 0 Å². The van der Waals surface area contributed by atoms with E-state index < -0.39 is 0 Å². The van der Waals surface area contributed by atoms with E-state index in [0.29, 0.717) is 24.9 Å². The van der Waals surface area contributed by atoms with Gasteiger partial charge < -0.3 is 14.6 Å². The summed E-state index contributed by atoms with van der Waals surface area (Å²) in [5, 5.41) is 11.4. The molecule has 0 unspecified atom stereocenters. The molecule has 142 valence electrons. The number of rotatable bonds is 9. The quantitative estimate of drug-likeness (QED) is 0.438. The minimum absolute atomic E-state index is 0.0923. The number of thioether (sulfide) groups is 1. The van der Waals surface area contributed by atoms with Crippen LogP contribution in [-0.4, -0.2) is 51.1 Å². The molecule has 0 saturated carbocycles. The van der Waals surface area contributed by atoms with Crippen molar-refractivity contribution in [2.45, 2.75) is 18.1 Å². The van der Waals surface area contributed by atoms with Gasteiger partial charge in [0.05, 0.1) is 12.3 Å². The summed E-state index contributed by atoms with van der Waals surface area (Å²) < 4.78 is 8.15. The highest BCUT2D eigenvalue weighted by atomic mass is 32.2. The third kappa shape index (κ3) is 4.95. The smallest absolute Gasteiger partial charge is 0.296 e. The molecule has 0 bridgehead atoms. The summed E-state index contributed by atoms with van der Waals surface area (Å²) in [6, 6.07) is 9.74. The molecule has 0 fully saturated rings. The average molecular weight is 387 g/mol. The molecule has 2 aromatic heterocycles. The molecule has 3 rings (SSSR count). The number of carbonyl (C=O) groups excluding carboxylic acids is 1. The molecule has 27 heavy (non-hydrogen) atoms. The van der Waals surface area contributed by atoms with Gasteiger partial charge in [-0.2, -0.15) is 0 Å². The van der Waals surface area contributed by atoms with Crippen LogP contribution in [0.4, 0.5) is 0 Å². The van der Waals surface area contributed by atoms with Crippen LogP contribution >= 0.6 is 11.8 Å². The van der Waals surface area contributed by atoms with Crippen LogP contribution in [0.5, 0.6) is 0 Å². The van der Waals surface area contributed by atoms with E-state index in [9.17, 15) is 9.59 Å². The molecule has 0 saturated heterocycles. The molecule has 0 atom stereocenters. The van der Waals surface area contributed by atoms with Gasteiger partial charge in [-0.1, -0.05) is 42.1 Å². The maximum atomic E-state index is 12.6. The van der Waals surface area contributed by atoms with E-state index in [1.54, 1.807) is 28.5 Å².